The molecule has 2 heterocycles. The molecular formula is C16H18N4O4. The molecule has 24 heavy (non-hydrogen) atoms. The third-order valence-corrected chi connectivity index (χ3v) is 4.25. The van der Waals surface area contributed by atoms with Crippen LogP contribution in [0.1, 0.15) is 28.9 Å². The molecule has 4 N–H and O–H groups in total. The zero-order valence-electron chi connectivity index (χ0n) is 12.9. The molecule has 0 radical (unpaired) electrons. The molecule has 0 bridgehead atoms. The van der Waals surface area contributed by atoms with Gasteiger partial charge in [-0.05, 0) is 42.9 Å². The maximum Gasteiger partial charge on any atom is 0.326 e. The van der Waals surface area contributed by atoms with Crippen LogP contribution in [0.5, 0.6) is 0 Å². The van der Waals surface area contributed by atoms with E-state index in [2.05, 4.69) is 15.3 Å². The van der Waals surface area contributed by atoms with Crippen molar-refractivity contribution in [1.29, 1.82) is 0 Å². The van der Waals surface area contributed by atoms with Crippen LogP contribution in [0.15, 0.2) is 40.2 Å². The Labute approximate surface area is 137 Å². The maximum absolute atomic E-state index is 12.4. The van der Waals surface area contributed by atoms with Gasteiger partial charge in [-0.3, -0.25) is 19.6 Å². The fraction of sp³-hybridized carbons (Fsp3) is 0.375. The number of aliphatic hydroxyl groups excluding tert-OH is 1. The van der Waals surface area contributed by atoms with Gasteiger partial charge in [0.1, 0.15) is 5.69 Å². The molecule has 3 rings (SSSR count). The second-order valence-electron chi connectivity index (χ2n) is 6.03. The zero-order valence-corrected chi connectivity index (χ0v) is 12.9. The minimum absolute atomic E-state index is 0.0802. The van der Waals surface area contributed by atoms with Gasteiger partial charge < -0.3 is 15.4 Å². The van der Waals surface area contributed by atoms with Crippen LogP contribution in [-0.4, -0.2) is 38.1 Å². The molecule has 0 saturated heterocycles. The first-order valence-electron chi connectivity index (χ1n) is 7.73. The molecule has 1 aliphatic rings. The average Bonchev–Trinajstić information content (AvgIpc) is 2.51. The molecule has 0 spiro atoms. The van der Waals surface area contributed by atoms with Crippen LogP contribution in [0.2, 0.25) is 0 Å². The molecule has 126 valence electrons. The molecule has 0 aromatic carbocycles. The zero-order chi connectivity index (χ0) is 17.1. The Balaban J connectivity index is 1.77. The Bertz CT molecular complexity index is 795. The number of hydrogen-bond donors (Lipinski definition) is 4. The van der Waals surface area contributed by atoms with Gasteiger partial charge in [-0.25, -0.2) is 4.79 Å². The SMILES string of the molecule is O=C(N[C@@H](Cc1ccncc1)C1CC(O)C1)c1cc(=O)[nH]c(=O)[nH]1. The highest BCUT2D eigenvalue weighted by Crippen LogP contribution is 2.31. The molecule has 8 nitrogen and oxygen atoms in total. The average molecular weight is 330 g/mol. The number of H-pyrrole nitrogens is 2. The van der Waals surface area contributed by atoms with Crippen molar-refractivity contribution >= 4 is 5.91 Å². The molecule has 1 atom stereocenters. The first-order valence-corrected chi connectivity index (χ1v) is 7.73. The van der Waals surface area contributed by atoms with Crippen LogP contribution in [0.4, 0.5) is 0 Å². The summed E-state index contributed by atoms with van der Waals surface area (Å²) in [6.07, 6.45) is 4.82. The van der Waals surface area contributed by atoms with Crippen molar-refractivity contribution in [1.82, 2.24) is 20.3 Å². The van der Waals surface area contributed by atoms with Crippen molar-refractivity contribution < 1.29 is 9.90 Å². The lowest BCUT2D eigenvalue weighted by Crippen LogP contribution is -2.48. The minimum Gasteiger partial charge on any atom is -0.393 e. The highest BCUT2D eigenvalue weighted by molar-refractivity contribution is 5.92. The van der Waals surface area contributed by atoms with E-state index in [0.29, 0.717) is 19.3 Å². The van der Waals surface area contributed by atoms with Crippen LogP contribution in [0.25, 0.3) is 0 Å². The molecule has 1 aliphatic carbocycles. The maximum atomic E-state index is 12.4. The molecule has 1 amide bonds. The summed E-state index contributed by atoms with van der Waals surface area (Å²) in [5.74, 6) is -0.371. The largest absolute Gasteiger partial charge is 0.393 e. The Morgan fingerprint density at radius 2 is 2.00 bits per heavy atom. The third-order valence-electron chi connectivity index (χ3n) is 4.25. The van der Waals surface area contributed by atoms with E-state index in [4.69, 9.17) is 0 Å². The van der Waals surface area contributed by atoms with Gasteiger partial charge in [-0.2, -0.15) is 0 Å². The summed E-state index contributed by atoms with van der Waals surface area (Å²) in [6, 6.07) is 4.58. The molecule has 2 aromatic rings. The predicted molar refractivity (Wildman–Crippen MR) is 85.6 cm³/mol. The Hall–Kier alpha value is -2.74. The van der Waals surface area contributed by atoms with Gasteiger partial charge in [0.05, 0.1) is 6.10 Å². The highest BCUT2D eigenvalue weighted by Gasteiger charge is 2.35. The van der Waals surface area contributed by atoms with Gasteiger partial charge in [0.15, 0.2) is 0 Å². The number of carbonyl (C=O) groups excluding carboxylic acids is 1. The Morgan fingerprint density at radius 3 is 2.62 bits per heavy atom. The summed E-state index contributed by atoms with van der Waals surface area (Å²) in [5.41, 5.74) is -0.425. The van der Waals surface area contributed by atoms with E-state index in [1.165, 1.54) is 0 Å². The number of amides is 1. The smallest absolute Gasteiger partial charge is 0.326 e. The summed E-state index contributed by atoms with van der Waals surface area (Å²) in [5, 5.41) is 12.4. The Morgan fingerprint density at radius 1 is 1.29 bits per heavy atom. The van der Waals surface area contributed by atoms with E-state index in [0.717, 1.165) is 11.6 Å². The molecular weight excluding hydrogens is 312 g/mol. The molecule has 0 unspecified atom stereocenters. The van der Waals surface area contributed by atoms with Gasteiger partial charge in [0.25, 0.3) is 11.5 Å². The minimum atomic E-state index is -0.725. The van der Waals surface area contributed by atoms with Crippen LogP contribution >= 0.6 is 0 Å². The number of hydrogen-bond acceptors (Lipinski definition) is 5. The quantitative estimate of drug-likeness (QED) is 0.591. The topological polar surface area (TPSA) is 128 Å². The lowest BCUT2D eigenvalue weighted by atomic mass is 9.75. The van der Waals surface area contributed by atoms with Crippen LogP contribution in [0.3, 0.4) is 0 Å². The molecule has 0 aliphatic heterocycles. The predicted octanol–water partition coefficient (Wildman–Crippen LogP) is -0.430. The number of pyridine rings is 1. The van der Waals surface area contributed by atoms with Gasteiger partial charge in [0, 0.05) is 24.5 Å². The number of aromatic nitrogens is 3. The van der Waals surface area contributed by atoms with Gasteiger partial charge in [-0.15, -0.1) is 0 Å². The summed E-state index contributed by atoms with van der Waals surface area (Å²) >= 11 is 0. The van der Waals surface area contributed by atoms with E-state index < -0.39 is 17.2 Å². The standard InChI is InChI=1S/C16H18N4O4/c21-11-6-10(7-11)12(5-9-1-3-17-4-2-9)18-15(23)13-8-14(22)20-16(24)19-13/h1-4,8,10-12,21H,5-7H2,(H,18,23)(H2,19,20,22,24)/t10?,11?,12-/m0/s1. The number of carbonyl (C=O) groups is 1. The van der Waals surface area contributed by atoms with Crippen LogP contribution in [0, 0.1) is 5.92 Å². The lowest BCUT2D eigenvalue weighted by Gasteiger charge is -2.38. The second kappa shape index (κ2) is 6.79. The van der Waals surface area contributed by atoms with Crippen molar-refractivity contribution in [3.8, 4) is 0 Å². The highest BCUT2D eigenvalue weighted by atomic mass is 16.3. The van der Waals surface area contributed by atoms with Gasteiger partial charge >= 0.3 is 5.69 Å². The number of nitrogens with one attached hydrogen (secondary N) is 3. The normalized spacial score (nSPS) is 20.9. The summed E-state index contributed by atoms with van der Waals surface area (Å²) < 4.78 is 0. The number of aliphatic hydroxyl groups is 1. The fourth-order valence-corrected chi connectivity index (χ4v) is 2.90. The van der Waals surface area contributed by atoms with E-state index in [1.807, 2.05) is 17.1 Å². The van der Waals surface area contributed by atoms with Gasteiger partial charge in [-0.1, -0.05) is 0 Å². The molecule has 1 saturated carbocycles. The van der Waals surface area contributed by atoms with E-state index >= 15 is 0 Å². The molecule has 8 heteroatoms. The fourth-order valence-electron chi connectivity index (χ4n) is 2.90. The van der Waals surface area contributed by atoms with Gasteiger partial charge in [0.2, 0.25) is 0 Å². The number of rotatable bonds is 5. The van der Waals surface area contributed by atoms with E-state index in [1.54, 1.807) is 12.4 Å². The summed E-state index contributed by atoms with van der Waals surface area (Å²) in [6.45, 7) is 0. The summed E-state index contributed by atoms with van der Waals surface area (Å²) in [4.78, 5) is 43.3. The molecule has 1 fully saturated rings. The van der Waals surface area contributed by atoms with Crippen molar-refractivity contribution in [3.63, 3.8) is 0 Å². The molecule has 2 aromatic heterocycles. The Kier molecular flexibility index (Phi) is 4.57. The second-order valence-corrected chi connectivity index (χ2v) is 6.03. The monoisotopic (exact) mass is 330 g/mol. The summed E-state index contributed by atoms with van der Waals surface area (Å²) in [7, 11) is 0. The number of nitrogens with zero attached hydrogens (tertiary/aromatic N) is 1. The van der Waals surface area contributed by atoms with Crippen LogP contribution < -0.4 is 16.6 Å². The van der Waals surface area contributed by atoms with Crippen molar-refractivity contribution in [3.05, 3.63) is 62.7 Å². The lowest BCUT2D eigenvalue weighted by molar-refractivity contribution is 0.0238. The number of aromatic amines is 2. The van der Waals surface area contributed by atoms with Crippen molar-refractivity contribution in [2.45, 2.75) is 31.4 Å². The van der Waals surface area contributed by atoms with Crippen LogP contribution in [-0.2, 0) is 6.42 Å². The van der Waals surface area contributed by atoms with E-state index in [-0.39, 0.29) is 23.8 Å². The van der Waals surface area contributed by atoms with E-state index in [9.17, 15) is 19.5 Å². The first-order chi connectivity index (χ1) is 11.5. The first kappa shape index (κ1) is 16.1. The van der Waals surface area contributed by atoms with Crippen molar-refractivity contribution in [2.75, 3.05) is 0 Å². The van der Waals surface area contributed by atoms with Crippen molar-refractivity contribution in [2.24, 2.45) is 5.92 Å². The third kappa shape index (κ3) is 3.77.